The van der Waals surface area contributed by atoms with Gasteiger partial charge in [0.2, 0.25) is 0 Å². The lowest BCUT2D eigenvalue weighted by Crippen LogP contribution is -2.45. The van der Waals surface area contributed by atoms with E-state index in [2.05, 4.69) is 37.7 Å². The number of ether oxygens (including phenoxy) is 3. The van der Waals surface area contributed by atoms with Gasteiger partial charge in [-0.05, 0) is 39.1 Å². The number of rotatable bonds is 30. The lowest BCUT2D eigenvalue weighted by atomic mass is 10.0. The van der Waals surface area contributed by atoms with Crippen molar-refractivity contribution in [3.8, 4) is 11.5 Å². The van der Waals surface area contributed by atoms with E-state index in [0.717, 1.165) is 24.6 Å². The van der Waals surface area contributed by atoms with E-state index in [1.165, 1.54) is 167 Å². The van der Waals surface area contributed by atoms with Crippen LogP contribution in [0.4, 0.5) is 0 Å². The first-order valence-corrected chi connectivity index (χ1v) is 20.6. The molecule has 1 aliphatic rings. The first-order chi connectivity index (χ1) is 23.1. The van der Waals surface area contributed by atoms with Gasteiger partial charge in [-0.25, -0.2) is 0 Å². The Bertz CT molecular complexity index is 760. The largest absolute Gasteiger partial charge is 0.473 e. The van der Waals surface area contributed by atoms with Crippen LogP contribution >= 0.6 is 0 Å². The number of hydrogen-bond donors (Lipinski definition) is 0. The van der Waals surface area contributed by atoms with Crippen molar-refractivity contribution >= 4 is 0 Å². The van der Waals surface area contributed by atoms with Gasteiger partial charge in [-0.3, -0.25) is 9.80 Å². The Morgan fingerprint density at radius 3 is 1.09 bits per heavy atom. The highest BCUT2D eigenvalue weighted by Crippen LogP contribution is 2.24. The van der Waals surface area contributed by atoms with Crippen LogP contribution in [0.5, 0.6) is 11.5 Å². The van der Waals surface area contributed by atoms with Crippen molar-refractivity contribution in [3.05, 3.63) is 24.3 Å². The lowest BCUT2D eigenvalue weighted by molar-refractivity contribution is -0.0791. The Balaban J connectivity index is 1.59. The van der Waals surface area contributed by atoms with Crippen LogP contribution in [0.15, 0.2) is 24.3 Å². The molecule has 47 heavy (non-hydrogen) atoms. The van der Waals surface area contributed by atoms with E-state index in [9.17, 15) is 0 Å². The van der Waals surface area contributed by atoms with Crippen molar-refractivity contribution in [3.63, 3.8) is 0 Å². The first kappa shape index (κ1) is 41.9. The van der Waals surface area contributed by atoms with E-state index in [1.54, 1.807) is 0 Å². The maximum atomic E-state index is 6.41. The van der Waals surface area contributed by atoms with Gasteiger partial charge in [0, 0.05) is 19.2 Å². The highest BCUT2D eigenvalue weighted by molar-refractivity contribution is 5.33. The number of fused-ring (bicyclic) bond motifs is 2. The average Bonchev–Trinajstić information content (AvgIpc) is 3.07. The summed E-state index contributed by atoms with van der Waals surface area (Å²) in [7, 11) is 4.36. The highest BCUT2D eigenvalue weighted by atomic mass is 16.6. The molecule has 5 nitrogen and oxygen atoms in total. The summed E-state index contributed by atoms with van der Waals surface area (Å²) in [6, 6.07) is 8.16. The van der Waals surface area contributed by atoms with Crippen LogP contribution in [0.1, 0.15) is 181 Å². The van der Waals surface area contributed by atoms with E-state index in [0.29, 0.717) is 13.2 Å². The second kappa shape index (κ2) is 29.6. The molecule has 0 aliphatic carbocycles. The third kappa shape index (κ3) is 22.1. The van der Waals surface area contributed by atoms with E-state index in [4.69, 9.17) is 14.2 Å². The number of hydrogen-bond acceptors (Lipinski definition) is 5. The Morgan fingerprint density at radius 1 is 0.468 bits per heavy atom. The summed E-state index contributed by atoms with van der Waals surface area (Å²) < 4.78 is 19.1. The summed E-state index contributed by atoms with van der Waals surface area (Å²) in [5, 5.41) is 0. The summed E-state index contributed by atoms with van der Waals surface area (Å²) in [4.78, 5) is 4.67. The molecule has 1 aliphatic heterocycles. The summed E-state index contributed by atoms with van der Waals surface area (Å²) in [6.45, 7) is 7.75. The van der Waals surface area contributed by atoms with Crippen LogP contribution < -0.4 is 9.47 Å². The Hall–Kier alpha value is -1.30. The molecule has 2 bridgehead atoms. The zero-order valence-electron chi connectivity index (χ0n) is 31.8. The topological polar surface area (TPSA) is 34.2 Å². The van der Waals surface area contributed by atoms with Crippen LogP contribution in [-0.2, 0) is 4.74 Å². The van der Waals surface area contributed by atoms with Crippen molar-refractivity contribution < 1.29 is 14.2 Å². The van der Waals surface area contributed by atoms with Crippen molar-refractivity contribution in [2.75, 3.05) is 40.4 Å². The SMILES string of the molecule is CCCCCCCCCCCCCCCN(C)C1COCC(N(C)CCCCCCCCCCCCCCC)Oc2cccc(c2)O1. The normalized spacial score (nSPS) is 16.8. The number of unbranched alkanes of at least 4 members (excludes halogenated alkanes) is 24. The molecule has 0 N–H and O–H groups in total. The van der Waals surface area contributed by atoms with Crippen molar-refractivity contribution in [2.24, 2.45) is 0 Å². The molecule has 1 aromatic carbocycles. The van der Waals surface area contributed by atoms with Gasteiger partial charge in [-0.2, -0.15) is 0 Å². The molecule has 0 spiro atoms. The molecule has 0 saturated carbocycles. The minimum Gasteiger partial charge on any atom is -0.473 e. The molecule has 5 heteroatoms. The Kier molecular flexibility index (Phi) is 26.4. The second-order valence-electron chi connectivity index (χ2n) is 14.6. The standard InChI is InChI=1S/C42H78N2O3/c1-5-7-9-11-13-15-17-19-21-23-25-27-29-34-43(3)41-37-45-38-42(47-40-33-31-32-39(36-40)46-41)44(4)35-30-28-26-24-22-20-18-16-14-12-10-8-6-2/h31-33,36,41-42H,5-30,34-35,37-38H2,1-4H3. The third-order valence-electron chi connectivity index (χ3n) is 10.1. The van der Waals surface area contributed by atoms with Crippen LogP contribution in [0.25, 0.3) is 0 Å². The molecule has 0 fully saturated rings. The predicted molar refractivity (Wildman–Crippen MR) is 203 cm³/mol. The quantitative estimate of drug-likeness (QED) is 0.0768. The van der Waals surface area contributed by atoms with E-state index in [-0.39, 0.29) is 12.5 Å². The van der Waals surface area contributed by atoms with Gasteiger partial charge in [0.15, 0.2) is 12.5 Å². The van der Waals surface area contributed by atoms with Gasteiger partial charge in [0.25, 0.3) is 0 Å². The lowest BCUT2D eigenvalue weighted by Gasteiger charge is -2.33. The van der Waals surface area contributed by atoms with Gasteiger partial charge in [0.1, 0.15) is 11.5 Å². The van der Waals surface area contributed by atoms with Gasteiger partial charge in [-0.15, -0.1) is 0 Å². The number of benzene rings is 1. The van der Waals surface area contributed by atoms with Crippen molar-refractivity contribution in [2.45, 2.75) is 193 Å². The second-order valence-corrected chi connectivity index (χ2v) is 14.6. The molecule has 1 aromatic rings. The first-order valence-electron chi connectivity index (χ1n) is 20.6. The smallest absolute Gasteiger partial charge is 0.175 e. The van der Waals surface area contributed by atoms with E-state index in [1.807, 2.05) is 24.3 Å². The number of likely N-dealkylation sites (N-methyl/N-ethyl adjacent to an activating group) is 2. The fourth-order valence-electron chi connectivity index (χ4n) is 6.75. The minimum atomic E-state index is -0.0901. The summed E-state index contributed by atoms with van der Waals surface area (Å²) in [5.41, 5.74) is 0. The molecular weight excluding hydrogens is 580 g/mol. The van der Waals surface area contributed by atoms with Gasteiger partial charge in [0.05, 0.1) is 13.2 Å². The van der Waals surface area contributed by atoms with Crippen molar-refractivity contribution in [1.29, 1.82) is 0 Å². The molecule has 0 aromatic heterocycles. The fraction of sp³-hybridized carbons (Fsp3) is 0.857. The van der Waals surface area contributed by atoms with Crippen LogP contribution in [0, 0.1) is 0 Å². The molecule has 2 unspecified atom stereocenters. The molecule has 2 rings (SSSR count). The zero-order valence-corrected chi connectivity index (χ0v) is 31.8. The maximum absolute atomic E-state index is 6.41. The van der Waals surface area contributed by atoms with Crippen LogP contribution in [-0.4, -0.2) is 62.7 Å². The maximum Gasteiger partial charge on any atom is 0.175 e. The molecule has 2 atom stereocenters. The molecular formula is C42H78N2O3. The van der Waals surface area contributed by atoms with Crippen molar-refractivity contribution in [1.82, 2.24) is 9.80 Å². The highest BCUT2D eigenvalue weighted by Gasteiger charge is 2.23. The molecule has 274 valence electrons. The van der Waals surface area contributed by atoms with Gasteiger partial charge < -0.3 is 14.2 Å². The Labute approximate surface area is 292 Å². The van der Waals surface area contributed by atoms with Gasteiger partial charge in [-0.1, -0.05) is 174 Å². The summed E-state index contributed by atoms with van der Waals surface area (Å²) in [6.07, 6.45) is 35.8. The minimum absolute atomic E-state index is 0.0901. The third-order valence-corrected chi connectivity index (χ3v) is 10.1. The number of nitrogens with zero attached hydrogens (tertiary/aromatic N) is 2. The zero-order chi connectivity index (χ0) is 33.6. The van der Waals surface area contributed by atoms with E-state index < -0.39 is 0 Å². The molecule has 0 saturated heterocycles. The fourth-order valence-corrected chi connectivity index (χ4v) is 6.75. The summed E-state index contributed by atoms with van der Waals surface area (Å²) in [5.74, 6) is 1.71. The Morgan fingerprint density at radius 2 is 0.766 bits per heavy atom. The predicted octanol–water partition coefficient (Wildman–Crippen LogP) is 12.2. The van der Waals surface area contributed by atoms with E-state index >= 15 is 0 Å². The molecule has 1 heterocycles. The monoisotopic (exact) mass is 659 g/mol. The van der Waals surface area contributed by atoms with Crippen LogP contribution in [0.2, 0.25) is 0 Å². The van der Waals surface area contributed by atoms with Crippen LogP contribution in [0.3, 0.4) is 0 Å². The molecule has 0 amide bonds. The average molecular weight is 659 g/mol. The van der Waals surface area contributed by atoms with Gasteiger partial charge >= 0.3 is 0 Å². The summed E-state index contributed by atoms with van der Waals surface area (Å²) >= 11 is 0. The molecule has 0 radical (unpaired) electrons.